The van der Waals surface area contributed by atoms with Gasteiger partial charge in [-0.15, -0.1) is 0 Å². The van der Waals surface area contributed by atoms with Crippen LogP contribution in [0.2, 0.25) is 0 Å². The minimum Gasteiger partial charge on any atom is -0.467 e. The summed E-state index contributed by atoms with van der Waals surface area (Å²) in [7, 11) is 1.09. The number of hydrogen-bond donors (Lipinski definition) is 2. The smallest absolute Gasteiger partial charge is 0.348 e. The number of benzene rings is 2. The number of allylic oxidation sites excluding steroid dienone is 2. The molecule has 0 amide bonds. The van der Waals surface area contributed by atoms with Crippen molar-refractivity contribution >= 4 is 29.7 Å². The molecule has 2 aliphatic heterocycles. The zero-order valence-electron chi connectivity index (χ0n) is 25.9. The lowest BCUT2D eigenvalue weighted by Crippen LogP contribution is -2.79. The van der Waals surface area contributed by atoms with E-state index in [1.807, 2.05) is 0 Å². The molecule has 2 bridgehead atoms. The number of esters is 4. The predicted octanol–water partition coefficient (Wildman–Crippen LogP) is 2.16. The average Bonchev–Trinajstić information content (AvgIpc) is 3.38. The number of methoxy groups -OCH3 is 1. The molecule has 0 unspecified atom stereocenters. The van der Waals surface area contributed by atoms with Gasteiger partial charge in [0.1, 0.15) is 12.2 Å². The number of carbonyl (C=O) groups excluding carboxylic acids is 5. The standard InChI is InChI=1S/C35H34O12/c1-17-20-14-22-34-16-44-35(32(42)43-3,27(34)25(31(41)45-22)47-30(40)19-12-8-5-9-13-19)28(38)23(37)26(34)33(20,2)15-21(36)24(17)46-29(39)18-10-6-4-7-11-18/h4-13,20,22-23,25-28,37-38H,14-16H2,1-3H3/t20-,22+,23+,25+,26+,27+,28-,33-,34+,35-/m0/s1. The van der Waals surface area contributed by atoms with Crippen LogP contribution >= 0.6 is 0 Å². The lowest BCUT2D eigenvalue weighted by molar-refractivity contribution is -0.288. The zero-order valence-corrected chi connectivity index (χ0v) is 25.9. The molecule has 246 valence electrons. The number of ether oxygens (including phenoxy) is 5. The van der Waals surface area contributed by atoms with Crippen LogP contribution in [0, 0.1) is 28.6 Å². The van der Waals surface area contributed by atoms with E-state index in [1.165, 1.54) is 12.1 Å². The molecule has 2 aromatic carbocycles. The molecule has 2 aromatic rings. The van der Waals surface area contributed by atoms with Gasteiger partial charge in [0.25, 0.3) is 0 Å². The van der Waals surface area contributed by atoms with Gasteiger partial charge in [-0.25, -0.2) is 19.2 Å². The maximum Gasteiger partial charge on any atom is 0.348 e. The number of carbonyl (C=O) groups is 5. The Morgan fingerprint density at radius 3 is 2.15 bits per heavy atom. The summed E-state index contributed by atoms with van der Waals surface area (Å²) in [5.74, 6) is -7.08. The number of Topliss-reactive ketones (excluding diaryl/α,β-unsaturated/α-hetero) is 1. The Morgan fingerprint density at radius 2 is 1.53 bits per heavy atom. The second-order valence-electron chi connectivity index (χ2n) is 13.4. The quantitative estimate of drug-likeness (QED) is 0.359. The van der Waals surface area contributed by atoms with Crippen LogP contribution in [0.1, 0.15) is 47.4 Å². The Kier molecular flexibility index (Phi) is 7.19. The fraction of sp³-hybridized carbons (Fsp3) is 0.457. The van der Waals surface area contributed by atoms with E-state index in [-0.39, 0.29) is 36.3 Å². The lowest BCUT2D eigenvalue weighted by atomic mass is 9.38. The van der Waals surface area contributed by atoms with Gasteiger partial charge in [-0.1, -0.05) is 43.3 Å². The SMILES string of the molecule is COC(=O)[C@@]12OC[C@]34[C@H]([C@@H](O)[C@@H]1O)[C@@]1(C)CC(=O)C(OC(=O)c5ccccc5)=C(C)[C@@H]1C[C@H]3OC(=O)[C@H](OC(=O)c1ccccc1)[C@@H]24. The van der Waals surface area contributed by atoms with Crippen LogP contribution in [0.3, 0.4) is 0 Å². The van der Waals surface area contributed by atoms with Crippen molar-refractivity contribution in [1.82, 2.24) is 0 Å². The van der Waals surface area contributed by atoms with Gasteiger partial charge in [0.05, 0.1) is 36.9 Å². The summed E-state index contributed by atoms with van der Waals surface area (Å²) >= 11 is 0. The van der Waals surface area contributed by atoms with Crippen LogP contribution in [-0.4, -0.2) is 83.6 Å². The Hall–Kier alpha value is -4.39. The summed E-state index contributed by atoms with van der Waals surface area (Å²) in [6.45, 7) is 3.19. The van der Waals surface area contributed by atoms with Crippen molar-refractivity contribution in [2.75, 3.05) is 13.7 Å². The fourth-order valence-corrected chi connectivity index (χ4v) is 9.47. The van der Waals surface area contributed by atoms with E-state index in [9.17, 15) is 34.2 Å². The van der Waals surface area contributed by atoms with Crippen molar-refractivity contribution in [2.45, 2.75) is 56.7 Å². The molecule has 12 heteroatoms. The summed E-state index contributed by atoms with van der Waals surface area (Å²) < 4.78 is 28.7. The minimum atomic E-state index is -2.28. The highest BCUT2D eigenvalue weighted by molar-refractivity contribution is 6.00. The van der Waals surface area contributed by atoms with Crippen molar-refractivity contribution in [3.63, 3.8) is 0 Å². The second kappa shape index (κ2) is 10.8. The first-order valence-electron chi connectivity index (χ1n) is 15.5. The van der Waals surface area contributed by atoms with Gasteiger partial charge < -0.3 is 33.9 Å². The number of ketones is 1. The van der Waals surface area contributed by atoms with E-state index in [2.05, 4.69) is 0 Å². The maximum atomic E-state index is 13.8. The summed E-state index contributed by atoms with van der Waals surface area (Å²) in [5.41, 5.74) is -3.95. The molecule has 47 heavy (non-hydrogen) atoms. The number of aliphatic hydroxyl groups is 2. The summed E-state index contributed by atoms with van der Waals surface area (Å²) in [4.78, 5) is 67.6. The number of aliphatic hydroxyl groups excluding tert-OH is 2. The largest absolute Gasteiger partial charge is 0.467 e. The summed E-state index contributed by atoms with van der Waals surface area (Å²) in [6, 6.07) is 16.2. The maximum absolute atomic E-state index is 13.8. The van der Waals surface area contributed by atoms with Crippen LogP contribution in [0.5, 0.6) is 0 Å². The molecule has 1 spiro atoms. The van der Waals surface area contributed by atoms with Gasteiger partial charge in [-0.05, 0) is 54.5 Å². The molecule has 2 heterocycles. The molecule has 12 nitrogen and oxygen atoms in total. The van der Waals surface area contributed by atoms with Crippen molar-refractivity contribution in [3.05, 3.63) is 83.1 Å². The van der Waals surface area contributed by atoms with Gasteiger partial charge in [-0.2, -0.15) is 0 Å². The van der Waals surface area contributed by atoms with Gasteiger partial charge in [-0.3, -0.25) is 4.79 Å². The highest BCUT2D eigenvalue weighted by atomic mass is 16.6. The van der Waals surface area contributed by atoms with Gasteiger partial charge in [0.15, 0.2) is 11.5 Å². The molecule has 2 saturated heterocycles. The van der Waals surface area contributed by atoms with Gasteiger partial charge in [0.2, 0.25) is 11.7 Å². The van der Waals surface area contributed by atoms with Crippen molar-refractivity contribution < 1.29 is 57.9 Å². The van der Waals surface area contributed by atoms with Crippen molar-refractivity contribution in [2.24, 2.45) is 28.6 Å². The van der Waals surface area contributed by atoms with E-state index < -0.39 is 88.3 Å². The molecule has 5 aliphatic rings. The highest BCUT2D eigenvalue weighted by Crippen LogP contribution is 2.73. The molecule has 2 N–H and O–H groups in total. The number of rotatable bonds is 5. The Balaban J connectivity index is 1.34. The van der Waals surface area contributed by atoms with E-state index in [1.54, 1.807) is 62.4 Å². The third kappa shape index (κ3) is 4.14. The summed E-state index contributed by atoms with van der Waals surface area (Å²) in [6.07, 6.45) is -6.39. The monoisotopic (exact) mass is 646 g/mol. The Labute approximate surface area is 269 Å². The molecule has 7 rings (SSSR count). The number of hydrogen-bond acceptors (Lipinski definition) is 12. The highest BCUT2D eigenvalue weighted by Gasteiger charge is 2.85. The Bertz CT molecular complexity index is 1700. The zero-order chi connectivity index (χ0) is 33.5. The Morgan fingerprint density at radius 1 is 0.915 bits per heavy atom. The lowest BCUT2D eigenvalue weighted by Gasteiger charge is -2.67. The average molecular weight is 647 g/mol. The van der Waals surface area contributed by atoms with Crippen LogP contribution in [0.25, 0.3) is 0 Å². The first kappa shape index (κ1) is 31.2. The van der Waals surface area contributed by atoms with E-state index >= 15 is 0 Å². The van der Waals surface area contributed by atoms with Crippen molar-refractivity contribution in [1.29, 1.82) is 0 Å². The molecule has 0 radical (unpaired) electrons. The first-order chi connectivity index (χ1) is 22.4. The van der Waals surface area contributed by atoms with E-state index in [0.717, 1.165) is 7.11 Å². The third-order valence-corrected chi connectivity index (χ3v) is 11.3. The van der Waals surface area contributed by atoms with Crippen LogP contribution in [-0.2, 0) is 38.1 Å². The van der Waals surface area contributed by atoms with Crippen molar-refractivity contribution in [3.8, 4) is 0 Å². The number of fused-ring (bicyclic) bond motifs is 2. The van der Waals surface area contributed by atoms with Gasteiger partial charge in [0, 0.05) is 17.8 Å². The molecule has 0 aromatic heterocycles. The molecular weight excluding hydrogens is 612 g/mol. The molecule has 4 fully saturated rings. The van der Waals surface area contributed by atoms with E-state index in [4.69, 9.17) is 23.7 Å². The van der Waals surface area contributed by atoms with E-state index in [0.29, 0.717) is 5.57 Å². The molecule has 3 aliphatic carbocycles. The van der Waals surface area contributed by atoms with Crippen LogP contribution < -0.4 is 0 Å². The van der Waals surface area contributed by atoms with Gasteiger partial charge >= 0.3 is 23.9 Å². The normalized spacial score (nSPS) is 38.4. The first-order valence-corrected chi connectivity index (χ1v) is 15.5. The minimum absolute atomic E-state index is 0.115. The third-order valence-electron chi connectivity index (χ3n) is 11.3. The fourth-order valence-electron chi connectivity index (χ4n) is 9.47. The predicted molar refractivity (Wildman–Crippen MR) is 158 cm³/mol. The summed E-state index contributed by atoms with van der Waals surface area (Å²) in [5, 5.41) is 23.8. The molecule has 2 saturated carbocycles. The van der Waals surface area contributed by atoms with Crippen LogP contribution in [0.15, 0.2) is 72.0 Å². The topological polar surface area (TPSA) is 172 Å². The second-order valence-corrected chi connectivity index (χ2v) is 13.4. The molecular formula is C35H34O12. The molecule has 10 atom stereocenters. The van der Waals surface area contributed by atoms with Crippen LogP contribution in [0.4, 0.5) is 0 Å².